The highest BCUT2D eigenvalue weighted by Gasteiger charge is 2.25. The van der Waals surface area contributed by atoms with E-state index in [0.29, 0.717) is 15.8 Å². The van der Waals surface area contributed by atoms with Crippen LogP contribution in [-0.2, 0) is 9.84 Å². The molecule has 1 N–H and O–H groups in total. The van der Waals surface area contributed by atoms with Crippen molar-refractivity contribution in [1.29, 1.82) is 0 Å². The highest BCUT2D eigenvalue weighted by Crippen LogP contribution is 2.30. The Morgan fingerprint density at radius 3 is 2.48 bits per heavy atom. The highest BCUT2D eigenvalue weighted by atomic mass is 35.5. The molecule has 0 unspecified atom stereocenters. The van der Waals surface area contributed by atoms with Gasteiger partial charge in [0.15, 0.2) is 9.84 Å². The van der Waals surface area contributed by atoms with Gasteiger partial charge in [-0.3, -0.25) is 4.79 Å². The van der Waals surface area contributed by atoms with Crippen molar-refractivity contribution >= 4 is 44.0 Å². The first-order chi connectivity index (χ1) is 13.0. The fourth-order valence-electron chi connectivity index (χ4n) is 2.87. The van der Waals surface area contributed by atoms with Gasteiger partial charge < -0.3 is 4.74 Å². The summed E-state index contributed by atoms with van der Waals surface area (Å²) in [5, 5.41) is 5.44. The second-order valence-electron chi connectivity index (χ2n) is 5.89. The molecule has 0 spiro atoms. The average Bonchev–Trinajstić information content (AvgIpc) is 2.81. The van der Waals surface area contributed by atoms with Crippen LogP contribution in [0, 0.1) is 0 Å². The summed E-state index contributed by atoms with van der Waals surface area (Å²) in [5.74, 6) is -0.836. The number of benzene rings is 3. The van der Waals surface area contributed by atoms with Crippen LogP contribution in [0.2, 0.25) is 5.02 Å². The van der Waals surface area contributed by atoms with Crippen molar-refractivity contribution in [3.63, 3.8) is 0 Å². The molecular weight excluding hydrogens is 388 g/mol. The van der Waals surface area contributed by atoms with Crippen LogP contribution in [0.3, 0.4) is 0 Å². The van der Waals surface area contributed by atoms with E-state index in [4.69, 9.17) is 16.3 Å². The minimum Gasteiger partial charge on any atom is -0.439 e. The first-order valence-electron chi connectivity index (χ1n) is 7.99. The summed E-state index contributed by atoms with van der Waals surface area (Å²) in [6.45, 7) is 0. The summed E-state index contributed by atoms with van der Waals surface area (Å²) in [7, 11) is -3.81. The number of fused-ring (bicyclic) bond motifs is 2. The molecule has 0 aromatic heterocycles. The standard InChI is InChI=1S/C19H13ClN2O4S/c20-15-9-10-17(13-6-2-1-5-12(13)15)27(24,25)11-18-21-22-19(23)14-7-3-4-8-16(14)26-18/h1-10H,11H2,(H,22,23). The second-order valence-corrected chi connectivity index (χ2v) is 8.26. The molecule has 136 valence electrons. The molecule has 3 aromatic rings. The van der Waals surface area contributed by atoms with Gasteiger partial charge in [-0.15, -0.1) is 5.10 Å². The van der Waals surface area contributed by atoms with E-state index in [1.165, 1.54) is 6.07 Å². The molecule has 1 heterocycles. The first kappa shape index (κ1) is 17.5. The Kier molecular flexibility index (Phi) is 4.33. The number of halogens is 1. The number of rotatable bonds is 3. The lowest BCUT2D eigenvalue weighted by Crippen LogP contribution is -2.23. The molecule has 3 aromatic carbocycles. The predicted octanol–water partition coefficient (Wildman–Crippen LogP) is 3.40. The van der Waals surface area contributed by atoms with Gasteiger partial charge in [0.25, 0.3) is 5.91 Å². The third kappa shape index (κ3) is 3.27. The number of carbonyl (C=O) groups excluding carboxylic acids is 1. The molecule has 27 heavy (non-hydrogen) atoms. The minimum atomic E-state index is -3.81. The van der Waals surface area contributed by atoms with Gasteiger partial charge in [-0.25, -0.2) is 13.8 Å². The maximum absolute atomic E-state index is 13.0. The van der Waals surface area contributed by atoms with E-state index >= 15 is 0 Å². The van der Waals surface area contributed by atoms with Crippen LogP contribution >= 0.6 is 11.6 Å². The number of nitrogens with zero attached hydrogens (tertiary/aromatic N) is 1. The third-order valence-electron chi connectivity index (χ3n) is 4.12. The van der Waals surface area contributed by atoms with Crippen molar-refractivity contribution in [2.45, 2.75) is 4.90 Å². The summed E-state index contributed by atoms with van der Waals surface area (Å²) in [6.07, 6.45) is 0. The van der Waals surface area contributed by atoms with Gasteiger partial charge in [-0.1, -0.05) is 48.0 Å². The Balaban J connectivity index is 1.73. The number of sulfone groups is 1. The highest BCUT2D eigenvalue weighted by molar-refractivity contribution is 7.92. The third-order valence-corrected chi connectivity index (χ3v) is 6.10. The number of para-hydroxylation sites is 1. The molecule has 1 amide bonds. The molecule has 0 saturated carbocycles. The number of amides is 1. The van der Waals surface area contributed by atoms with E-state index in [1.807, 2.05) is 0 Å². The monoisotopic (exact) mass is 400 g/mol. The summed E-state index contributed by atoms with van der Waals surface area (Å²) in [5.41, 5.74) is 2.59. The normalized spacial score (nSPS) is 14.0. The largest absolute Gasteiger partial charge is 0.439 e. The number of hydrogen-bond donors (Lipinski definition) is 1. The maximum Gasteiger partial charge on any atom is 0.275 e. The zero-order chi connectivity index (χ0) is 19.0. The van der Waals surface area contributed by atoms with Gasteiger partial charge in [-0.2, -0.15) is 0 Å². The van der Waals surface area contributed by atoms with Crippen LogP contribution in [0.1, 0.15) is 10.4 Å². The molecule has 6 nitrogen and oxygen atoms in total. The van der Waals surface area contributed by atoms with Gasteiger partial charge >= 0.3 is 0 Å². The molecule has 0 atom stereocenters. The first-order valence-corrected chi connectivity index (χ1v) is 10.0. The van der Waals surface area contributed by atoms with Crippen LogP contribution in [0.4, 0.5) is 0 Å². The predicted molar refractivity (Wildman–Crippen MR) is 103 cm³/mol. The summed E-state index contributed by atoms with van der Waals surface area (Å²) < 4.78 is 31.6. The Morgan fingerprint density at radius 2 is 1.67 bits per heavy atom. The zero-order valence-corrected chi connectivity index (χ0v) is 15.4. The van der Waals surface area contributed by atoms with E-state index in [9.17, 15) is 13.2 Å². The van der Waals surface area contributed by atoms with Crippen molar-refractivity contribution < 1.29 is 17.9 Å². The lowest BCUT2D eigenvalue weighted by Gasteiger charge is -2.11. The van der Waals surface area contributed by atoms with Crippen molar-refractivity contribution in [1.82, 2.24) is 5.43 Å². The topological polar surface area (TPSA) is 84.8 Å². The van der Waals surface area contributed by atoms with Crippen LogP contribution in [-0.4, -0.2) is 26.0 Å². The van der Waals surface area contributed by atoms with Crippen LogP contribution < -0.4 is 10.2 Å². The molecule has 0 bridgehead atoms. The number of hydrogen-bond acceptors (Lipinski definition) is 5. The van der Waals surface area contributed by atoms with Gasteiger partial charge in [-0.05, 0) is 24.3 Å². The van der Waals surface area contributed by atoms with Crippen molar-refractivity contribution in [2.75, 3.05) is 5.75 Å². The maximum atomic E-state index is 13.0. The van der Waals surface area contributed by atoms with Crippen LogP contribution in [0.5, 0.6) is 5.75 Å². The second kappa shape index (κ2) is 6.68. The Hall–Kier alpha value is -2.90. The zero-order valence-electron chi connectivity index (χ0n) is 13.8. The van der Waals surface area contributed by atoms with Gasteiger partial charge in [0, 0.05) is 15.8 Å². The van der Waals surface area contributed by atoms with E-state index in [0.717, 1.165) is 0 Å². The molecule has 1 aliphatic rings. The summed E-state index contributed by atoms with van der Waals surface area (Å²) >= 11 is 6.17. The number of ether oxygens (including phenoxy) is 1. The van der Waals surface area contributed by atoms with Crippen molar-refractivity contribution in [3.8, 4) is 5.75 Å². The molecule has 8 heteroatoms. The van der Waals surface area contributed by atoms with Crippen LogP contribution in [0.25, 0.3) is 10.8 Å². The van der Waals surface area contributed by atoms with E-state index in [2.05, 4.69) is 10.5 Å². The number of carbonyl (C=O) groups is 1. The fraction of sp³-hybridized carbons (Fsp3) is 0.0526. The smallest absolute Gasteiger partial charge is 0.275 e. The van der Waals surface area contributed by atoms with Gasteiger partial charge in [0.05, 0.1) is 10.5 Å². The molecule has 0 fully saturated rings. The quantitative estimate of drug-likeness (QED) is 0.730. The Bertz CT molecular complexity index is 1210. The van der Waals surface area contributed by atoms with E-state index < -0.39 is 21.5 Å². The SMILES string of the molecule is O=C1NN=C(CS(=O)(=O)c2ccc(Cl)c3ccccc23)Oc2ccccc21. The Labute approximate surface area is 160 Å². The molecular formula is C19H13ClN2O4S. The molecule has 1 aliphatic heterocycles. The van der Waals surface area contributed by atoms with Gasteiger partial charge in [0.1, 0.15) is 11.5 Å². The lowest BCUT2D eigenvalue weighted by atomic mass is 10.1. The summed E-state index contributed by atoms with van der Waals surface area (Å²) in [4.78, 5) is 12.2. The van der Waals surface area contributed by atoms with Gasteiger partial charge in [0.2, 0.25) is 5.90 Å². The van der Waals surface area contributed by atoms with E-state index in [-0.39, 0.29) is 22.1 Å². The van der Waals surface area contributed by atoms with Crippen molar-refractivity contribution in [2.24, 2.45) is 5.10 Å². The summed E-state index contributed by atoms with van der Waals surface area (Å²) in [6, 6.07) is 16.5. The Morgan fingerprint density at radius 1 is 0.963 bits per heavy atom. The van der Waals surface area contributed by atoms with E-state index in [1.54, 1.807) is 54.6 Å². The molecule has 0 saturated heterocycles. The number of hydrazone groups is 1. The fourth-order valence-corrected chi connectivity index (χ4v) is 4.49. The van der Waals surface area contributed by atoms with Crippen molar-refractivity contribution in [3.05, 3.63) is 71.2 Å². The van der Waals surface area contributed by atoms with Crippen LogP contribution in [0.15, 0.2) is 70.7 Å². The molecule has 0 aliphatic carbocycles. The number of nitrogens with one attached hydrogen (secondary N) is 1. The minimum absolute atomic E-state index is 0.118. The molecule has 4 rings (SSSR count). The molecule has 0 radical (unpaired) electrons. The average molecular weight is 401 g/mol. The lowest BCUT2D eigenvalue weighted by molar-refractivity contribution is 0.0955.